The number of hydrogen-bond acceptors (Lipinski definition) is 3. The summed E-state index contributed by atoms with van der Waals surface area (Å²) in [5.41, 5.74) is -0.864. The van der Waals surface area contributed by atoms with Crippen molar-refractivity contribution in [3.05, 3.63) is 29.3 Å². The minimum atomic E-state index is -0.864. The number of hydrogen-bond donors (Lipinski definition) is 1. The Morgan fingerprint density at radius 3 is 2.42 bits per heavy atom. The van der Waals surface area contributed by atoms with E-state index in [1.54, 1.807) is 18.7 Å². The summed E-state index contributed by atoms with van der Waals surface area (Å²) in [5, 5.41) is 10.5. The highest BCUT2D eigenvalue weighted by atomic mass is 35.5. The summed E-state index contributed by atoms with van der Waals surface area (Å²) in [7, 11) is 0. The molecule has 0 aliphatic heterocycles. The number of halogens is 1. The quantitative estimate of drug-likeness (QED) is 0.821. The van der Waals surface area contributed by atoms with Crippen LogP contribution in [0, 0.1) is 0 Å². The van der Waals surface area contributed by atoms with E-state index in [4.69, 9.17) is 11.6 Å². The smallest absolute Gasteiger partial charge is 0.233 e. The molecule has 0 atom stereocenters. The van der Waals surface area contributed by atoms with E-state index in [1.165, 1.54) is 11.8 Å². The molecule has 1 amide bonds. The maximum absolute atomic E-state index is 12.1. The lowest BCUT2D eigenvalue weighted by molar-refractivity contribution is -0.131. The Morgan fingerprint density at radius 2 is 1.95 bits per heavy atom. The van der Waals surface area contributed by atoms with E-state index in [2.05, 4.69) is 0 Å². The van der Waals surface area contributed by atoms with Gasteiger partial charge in [-0.25, -0.2) is 0 Å². The summed E-state index contributed by atoms with van der Waals surface area (Å²) < 4.78 is 0. The molecule has 0 aliphatic carbocycles. The van der Waals surface area contributed by atoms with Crippen molar-refractivity contribution in [2.24, 2.45) is 0 Å². The first-order chi connectivity index (χ1) is 8.81. The van der Waals surface area contributed by atoms with Crippen LogP contribution < -0.4 is 0 Å². The molecular formula is C14H20ClNO2S. The second-order valence-electron chi connectivity index (χ2n) is 4.96. The molecule has 0 radical (unpaired) electrons. The molecule has 0 fully saturated rings. The topological polar surface area (TPSA) is 40.5 Å². The molecule has 0 aliphatic rings. The molecule has 0 heterocycles. The highest BCUT2D eigenvalue weighted by Gasteiger charge is 2.21. The number of benzene rings is 1. The fraction of sp³-hybridized carbons (Fsp3) is 0.500. The molecule has 5 heteroatoms. The Balaban J connectivity index is 2.51. The average molecular weight is 302 g/mol. The maximum Gasteiger partial charge on any atom is 0.233 e. The average Bonchev–Trinajstić information content (AvgIpc) is 2.34. The minimum Gasteiger partial charge on any atom is -0.389 e. The molecule has 1 aromatic carbocycles. The van der Waals surface area contributed by atoms with E-state index < -0.39 is 5.60 Å². The lowest BCUT2D eigenvalue weighted by atomic mass is 10.1. The highest BCUT2D eigenvalue weighted by Crippen LogP contribution is 2.21. The van der Waals surface area contributed by atoms with Crippen LogP contribution in [-0.4, -0.2) is 40.4 Å². The van der Waals surface area contributed by atoms with Crippen molar-refractivity contribution in [2.45, 2.75) is 31.3 Å². The highest BCUT2D eigenvalue weighted by molar-refractivity contribution is 8.00. The normalized spacial score (nSPS) is 11.4. The van der Waals surface area contributed by atoms with Crippen LogP contribution >= 0.6 is 23.4 Å². The SMILES string of the molecule is CCN(CC(C)(C)O)C(=O)CSc1ccc(Cl)cc1. The van der Waals surface area contributed by atoms with Gasteiger partial charge >= 0.3 is 0 Å². The molecule has 0 saturated heterocycles. The fourth-order valence-electron chi connectivity index (χ4n) is 1.61. The van der Waals surface area contributed by atoms with Crippen molar-refractivity contribution >= 4 is 29.3 Å². The third kappa shape index (κ3) is 6.32. The maximum atomic E-state index is 12.1. The third-order valence-corrected chi connectivity index (χ3v) is 3.74. The lowest BCUT2D eigenvalue weighted by Crippen LogP contribution is -2.42. The summed E-state index contributed by atoms with van der Waals surface area (Å²) in [4.78, 5) is 14.7. The largest absolute Gasteiger partial charge is 0.389 e. The summed E-state index contributed by atoms with van der Waals surface area (Å²) >= 11 is 7.28. The number of aliphatic hydroxyl groups is 1. The van der Waals surface area contributed by atoms with Crippen LogP contribution in [0.3, 0.4) is 0 Å². The second kappa shape index (κ2) is 7.17. The molecule has 1 N–H and O–H groups in total. The molecule has 106 valence electrons. The Morgan fingerprint density at radius 1 is 1.37 bits per heavy atom. The Labute approximate surface area is 123 Å². The minimum absolute atomic E-state index is 0.0320. The summed E-state index contributed by atoms with van der Waals surface area (Å²) in [6, 6.07) is 7.41. The van der Waals surface area contributed by atoms with E-state index in [0.717, 1.165) is 4.90 Å². The molecule has 0 saturated carbocycles. The predicted molar refractivity (Wildman–Crippen MR) is 80.7 cm³/mol. The first-order valence-electron chi connectivity index (χ1n) is 6.20. The van der Waals surface area contributed by atoms with Gasteiger partial charge in [0.2, 0.25) is 5.91 Å². The molecule has 19 heavy (non-hydrogen) atoms. The molecule has 1 aromatic rings. The van der Waals surface area contributed by atoms with Crippen molar-refractivity contribution in [1.82, 2.24) is 4.90 Å². The van der Waals surface area contributed by atoms with Gasteiger partial charge in [0, 0.05) is 23.0 Å². The van der Waals surface area contributed by atoms with Gasteiger partial charge in [-0.1, -0.05) is 11.6 Å². The van der Waals surface area contributed by atoms with Crippen molar-refractivity contribution in [2.75, 3.05) is 18.8 Å². The van der Waals surface area contributed by atoms with Crippen molar-refractivity contribution in [3.8, 4) is 0 Å². The first kappa shape index (κ1) is 16.3. The Kier molecular flexibility index (Phi) is 6.17. The third-order valence-electron chi connectivity index (χ3n) is 2.49. The van der Waals surface area contributed by atoms with Crippen LogP contribution in [0.1, 0.15) is 20.8 Å². The molecule has 1 rings (SSSR count). The molecule has 0 bridgehead atoms. The standard InChI is InChI=1S/C14H20ClNO2S/c1-4-16(10-14(2,3)18)13(17)9-19-12-7-5-11(15)6-8-12/h5-8,18H,4,9-10H2,1-3H3. The van der Waals surface area contributed by atoms with E-state index >= 15 is 0 Å². The molecule has 0 aromatic heterocycles. The number of amides is 1. The van der Waals surface area contributed by atoms with E-state index in [9.17, 15) is 9.90 Å². The van der Waals surface area contributed by atoms with Crippen LogP contribution in [0.4, 0.5) is 0 Å². The Bertz CT molecular complexity index is 414. The zero-order chi connectivity index (χ0) is 14.5. The zero-order valence-corrected chi connectivity index (χ0v) is 13.1. The van der Waals surface area contributed by atoms with Crippen LogP contribution in [0.25, 0.3) is 0 Å². The zero-order valence-electron chi connectivity index (χ0n) is 11.5. The van der Waals surface area contributed by atoms with E-state index in [1.807, 2.05) is 31.2 Å². The number of thioether (sulfide) groups is 1. The molecule has 0 spiro atoms. The summed E-state index contributed by atoms with van der Waals surface area (Å²) in [6.45, 7) is 6.27. The van der Waals surface area contributed by atoms with E-state index in [0.29, 0.717) is 23.9 Å². The summed E-state index contributed by atoms with van der Waals surface area (Å²) in [5.74, 6) is 0.399. The predicted octanol–water partition coefficient (Wildman–Crippen LogP) is 3.05. The van der Waals surface area contributed by atoms with Crippen LogP contribution in [0.15, 0.2) is 29.2 Å². The monoisotopic (exact) mass is 301 g/mol. The number of rotatable bonds is 6. The van der Waals surface area contributed by atoms with Gasteiger partial charge in [0.05, 0.1) is 11.4 Å². The Hall–Kier alpha value is -0.710. The first-order valence-corrected chi connectivity index (χ1v) is 7.56. The number of carbonyl (C=O) groups is 1. The second-order valence-corrected chi connectivity index (χ2v) is 6.45. The summed E-state index contributed by atoms with van der Waals surface area (Å²) in [6.07, 6.45) is 0. The van der Waals surface area contributed by atoms with E-state index in [-0.39, 0.29) is 5.91 Å². The van der Waals surface area contributed by atoms with Gasteiger partial charge in [-0.3, -0.25) is 4.79 Å². The molecule has 0 unspecified atom stereocenters. The lowest BCUT2D eigenvalue weighted by Gasteiger charge is -2.28. The van der Waals surface area contributed by atoms with Crippen molar-refractivity contribution in [1.29, 1.82) is 0 Å². The van der Waals surface area contributed by atoms with Gasteiger partial charge in [0.15, 0.2) is 0 Å². The van der Waals surface area contributed by atoms with Crippen molar-refractivity contribution in [3.63, 3.8) is 0 Å². The number of carbonyl (C=O) groups excluding carboxylic acids is 1. The van der Waals surface area contributed by atoms with Gasteiger partial charge in [-0.2, -0.15) is 0 Å². The van der Waals surface area contributed by atoms with Crippen LogP contribution in [0.5, 0.6) is 0 Å². The number of likely N-dealkylation sites (N-methyl/N-ethyl adjacent to an activating group) is 1. The van der Waals surface area contributed by atoms with Gasteiger partial charge in [-0.05, 0) is 45.0 Å². The van der Waals surface area contributed by atoms with Gasteiger partial charge in [-0.15, -0.1) is 11.8 Å². The molecular weight excluding hydrogens is 282 g/mol. The van der Waals surface area contributed by atoms with Gasteiger partial charge in [0.25, 0.3) is 0 Å². The number of nitrogens with zero attached hydrogens (tertiary/aromatic N) is 1. The molecule has 3 nitrogen and oxygen atoms in total. The fourth-order valence-corrected chi connectivity index (χ4v) is 2.54. The van der Waals surface area contributed by atoms with Crippen LogP contribution in [0.2, 0.25) is 5.02 Å². The van der Waals surface area contributed by atoms with Gasteiger partial charge in [0.1, 0.15) is 0 Å². The van der Waals surface area contributed by atoms with Crippen molar-refractivity contribution < 1.29 is 9.90 Å². The van der Waals surface area contributed by atoms with Crippen LogP contribution in [-0.2, 0) is 4.79 Å². The van der Waals surface area contributed by atoms with Gasteiger partial charge < -0.3 is 10.0 Å².